The van der Waals surface area contributed by atoms with E-state index in [1.165, 1.54) is 6.42 Å². The van der Waals surface area contributed by atoms with Crippen molar-refractivity contribution in [2.45, 2.75) is 33.6 Å². The van der Waals surface area contributed by atoms with Gasteiger partial charge in [-0.1, -0.05) is 20.8 Å². The number of aromatic nitrogens is 2. The molecule has 0 bridgehead atoms. The number of rotatable bonds is 4. The maximum Gasteiger partial charge on any atom is 0.148 e. The molecular weight excluding hydrogens is 292 g/mol. The molecule has 1 aromatic rings. The van der Waals surface area contributed by atoms with Crippen molar-refractivity contribution in [1.29, 1.82) is 0 Å². The van der Waals surface area contributed by atoms with Crippen molar-refractivity contribution >= 4 is 27.6 Å². The average molecular weight is 313 g/mol. The first kappa shape index (κ1) is 13.6. The molecule has 5 heteroatoms. The summed E-state index contributed by atoms with van der Waals surface area (Å²) in [5, 5.41) is 3.32. The molecule has 0 radical (unpaired) electrons. The number of anilines is 2. The van der Waals surface area contributed by atoms with E-state index in [1.807, 2.05) is 0 Å². The lowest BCUT2D eigenvalue weighted by atomic mass is 9.93. The first-order valence-electron chi connectivity index (χ1n) is 6.53. The molecule has 1 fully saturated rings. The molecule has 1 aliphatic rings. The molecule has 0 unspecified atom stereocenters. The van der Waals surface area contributed by atoms with Gasteiger partial charge in [-0.2, -0.15) is 0 Å². The van der Waals surface area contributed by atoms with Crippen LogP contribution in [0.2, 0.25) is 0 Å². The summed E-state index contributed by atoms with van der Waals surface area (Å²) < 4.78 is 0.983. The highest BCUT2D eigenvalue weighted by Gasteiger charge is 2.31. The molecule has 1 aliphatic heterocycles. The SMILES string of the molecule is CCCNc1ncnc(N2CCC(C)(C)C2)c1Br. The van der Waals surface area contributed by atoms with Crippen molar-refractivity contribution in [3.05, 3.63) is 10.8 Å². The summed E-state index contributed by atoms with van der Waals surface area (Å²) in [6.45, 7) is 9.80. The first-order chi connectivity index (χ1) is 8.53. The van der Waals surface area contributed by atoms with Crippen LogP contribution < -0.4 is 10.2 Å². The molecule has 1 aromatic heterocycles. The van der Waals surface area contributed by atoms with E-state index in [2.05, 4.69) is 56.9 Å². The minimum Gasteiger partial charge on any atom is -0.369 e. The normalized spacial score (nSPS) is 18.1. The molecule has 0 amide bonds. The highest BCUT2D eigenvalue weighted by atomic mass is 79.9. The Bertz CT molecular complexity index is 419. The molecule has 0 aliphatic carbocycles. The van der Waals surface area contributed by atoms with Gasteiger partial charge in [0.05, 0.1) is 0 Å². The summed E-state index contributed by atoms with van der Waals surface area (Å²) in [6, 6.07) is 0. The van der Waals surface area contributed by atoms with E-state index in [9.17, 15) is 0 Å². The third kappa shape index (κ3) is 2.94. The lowest BCUT2D eigenvalue weighted by Gasteiger charge is -2.22. The van der Waals surface area contributed by atoms with Crippen molar-refractivity contribution in [2.24, 2.45) is 5.41 Å². The van der Waals surface area contributed by atoms with Gasteiger partial charge in [0.15, 0.2) is 0 Å². The molecular formula is C13H21BrN4. The van der Waals surface area contributed by atoms with E-state index < -0.39 is 0 Å². The van der Waals surface area contributed by atoms with Gasteiger partial charge in [-0.25, -0.2) is 9.97 Å². The van der Waals surface area contributed by atoms with Gasteiger partial charge in [0.1, 0.15) is 22.4 Å². The average Bonchev–Trinajstić information content (AvgIpc) is 2.68. The summed E-state index contributed by atoms with van der Waals surface area (Å²) in [4.78, 5) is 11.0. The summed E-state index contributed by atoms with van der Waals surface area (Å²) in [7, 11) is 0. The van der Waals surface area contributed by atoms with Gasteiger partial charge in [0, 0.05) is 19.6 Å². The minimum absolute atomic E-state index is 0.376. The van der Waals surface area contributed by atoms with Crippen LogP contribution in [0.3, 0.4) is 0 Å². The Balaban J connectivity index is 2.18. The van der Waals surface area contributed by atoms with Crippen LogP contribution in [0.5, 0.6) is 0 Å². The molecule has 100 valence electrons. The third-order valence-electron chi connectivity index (χ3n) is 3.29. The molecule has 0 spiro atoms. The van der Waals surface area contributed by atoms with Gasteiger partial charge in [-0.15, -0.1) is 0 Å². The zero-order valence-electron chi connectivity index (χ0n) is 11.3. The number of hydrogen-bond donors (Lipinski definition) is 1. The van der Waals surface area contributed by atoms with Crippen LogP contribution in [0.15, 0.2) is 10.8 Å². The molecule has 0 atom stereocenters. The second kappa shape index (κ2) is 5.43. The van der Waals surface area contributed by atoms with Gasteiger partial charge in [-0.3, -0.25) is 0 Å². The lowest BCUT2D eigenvalue weighted by Crippen LogP contribution is -2.24. The van der Waals surface area contributed by atoms with Gasteiger partial charge in [-0.05, 0) is 34.2 Å². The summed E-state index contributed by atoms with van der Waals surface area (Å²) in [5.41, 5.74) is 0.376. The topological polar surface area (TPSA) is 41.1 Å². The van der Waals surface area contributed by atoms with Crippen LogP contribution >= 0.6 is 15.9 Å². The Labute approximate surface area is 117 Å². The van der Waals surface area contributed by atoms with Crippen LogP contribution in [0.25, 0.3) is 0 Å². The molecule has 0 aromatic carbocycles. The molecule has 1 saturated heterocycles. The van der Waals surface area contributed by atoms with Crippen molar-refractivity contribution in [1.82, 2.24) is 9.97 Å². The fourth-order valence-corrected chi connectivity index (χ4v) is 2.84. The highest BCUT2D eigenvalue weighted by molar-refractivity contribution is 9.10. The monoisotopic (exact) mass is 312 g/mol. The zero-order valence-corrected chi connectivity index (χ0v) is 12.9. The number of nitrogens with zero attached hydrogens (tertiary/aromatic N) is 3. The molecule has 4 nitrogen and oxygen atoms in total. The van der Waals surface area contributed by atoms with Crippen LogP contribution in [0.4, 0.5) is 11.6 Å². The molecule has 18 heavy (non-hydrogen) atoms. The van der Waals surface area contributed by atoms with E-state index in [1.54, 1.807) is 6.33 Å². The smallest absolute Gasteiger partial charge is 0.148 e. The zero-order chi connectivity index (χ0) is 13.2. The number of halogens is 1. The quantitative estimate of drug-likeness (QED) is 0.926. The molecule has 2 heterocycles. The van der Waals surface area contributed by atoms with E-state index in [-0.39, 0.29) is 0 Å². The van der Waals surface area contributed by atoms with Crippen LogP contribution in [0.1, 0.15) is 33.6 Å². The van der Waals surface area contributed by atoms with Gasteiger partial charge in [0.2, 0.25) is 0 Å². The van der Waals surface area contributed by atoms with E-state index in [4.69, 9.17) is 0 Å². The largest absolute Gasteiger partial charge is 0.369 e. The second-order valence-electron chi connectivity index (χ2n) is 5.62. The minimum atomic E-state index is 0.376. The summed E-state index contributed by atoms with van der Waals surface area (Å²) in [5.74, 6) is 1.90. The molecule has 0 saturated carbocycles. The predicted octanol–water partition coefficient (Wildman–Crippen LogP) is 3.30. The van der Waals surface area contributed by atoms with Crippen LogP contribution in [0, 0.1) is 5.41 Å². The fraction of sp³-hybridized carbons (Fsp3) is 0.692. The number of nitrogens with one attached hydrogen (secondary N) is 1. The maximum absolute atomic E-state index is 4.42. The van der Waals surface area contributed by atoms with Crippen molar-refractivity contribution < 1.29 is 0 Å². The van der Waals surface area contributed by atoms with Gasteiger partial charge in [0.25, 0.3) is 0 Å². The van der Waals surface area contributed by atoms with E-state index >= 15 is 0 Å². The van der Waals surface area contributed by atoms with Crippen molar-refractivity contribution in [3.8, 4) is 0 Å². The van der Waals surface area contributed by atoms with Gasteiger partial charge < -0.3 is 10.2 Å². The Hall–Kier alpha value is -0.840. The lowest BCUT2D eigenvalue weighted by molar-refractivity contribution is 0.418. The number of hydrogen-bond acceptors (Lipinski definition) is 4. The Morgan fingerprint density at radius 3 is 2.83 bits per heavy atom. The summed E-state index contributed by atoms with van der Waals surface area (Å²) >= 11 is 3.63. The Kier molecular flexibility index (Phi) is 4.10. The Morgan fingerprint density at radius 1 is 1.44 bits per heavy atom. The van der Waals surface area contributed by atoms with Crippen LogP contribution in [-0.2, 0) is 0 Å². The highest BCUT2D eigenvalue weighted by Crippen LogP contribution is 2.36. The first-order valence-corrected chi connectivity index (χ1v) is 7.32. The maximum atomic E-state index is 4.42. The van der Waals surface area contributed by atoms with Gasteiger partial charge >= 0.3 is 0 Å². The summed E-state index contributed by atoms with van der Waals surface area (Å²) in [6.07, 6.45) is 3.94. The predicted molar refractivity (Wildman–Crippen MR) is 79.1 cm³/mol. The van der Waals surface area contributed by atoms with Crippen molar-refractivity contribution in [2.75, 3.05) is 29.9 Å². The second-order valence-corrected chi connectivity index (χ2v) is 6.42. The van der Waals surface area contributed by atoms with E-state index in [0.717, 1.165) is 42.2 Å². The third-order valence-corrected chi connectivity index (χ3v) is 4.02. The van der Waals surface area contributed by atoms with E-state index in [0.29, 0.717) is 5.41 Å². The molecule has 2 rings (SSSR count). The standard InChI is InChI=1S/C13H21BrN4/c1-4-6-15-11-10(14)12(17-9-16-11)18-7-5-13(2,3)8-18/h9H,4-8H2,1-3H3,(H,15,16,17). The van der Waals surface area contributed by atoms with Crippen molar-refractivity contribution in [3.63, 3.8) is 0 Å². The van der Waals surface area contributed by atoms with Crippen LogP contribution in [-0.4, -0.2) is 29.6 Å². The fourth-order valence-electron chi connectivity index (χ4n) is 2.24. The molecule has 1 N–H and O–H groups in total. The Morgan fingerprint density at radius 2 is 2.22 bits per heavy atom.